The number of ether oxygens (including phenoxy) is 2. The van der Waals surface area contributed by atoms with E-state index in [1.807, 2.05) is 30.3 Å². The van der Waals surface area contributed by atoms with E-state index in [0.717, 1.165) is 5.56 Å². The second kappa shape index (κ2) is 4.56. The zero-order valence-electron chi connectivity index (χ0n) is 8.36. The molecule has 1 aromatic carbocycles. The van der Waals surface area contributed by atoms with Crippen LogP contribution in [-0.2, 0) is 15.3 Å². The molecule has 78 valence electrons. The highest BCUT2D eigenvalue weighted by Crippen LogP contribution is 2.37. The molecule has 0 saturated carbocycles. The van der Waals surface area contributed by atoms with E-state index in [1.54, 1.807) is 0 Å². The molecule has 0 amide bonds. The SMILES string of the molecule is [B]C[C@]1(c2ccccc2)OC[C@@H](CCl)O1. The minimum absolute atomic E-state index is 0.0737. The fourth-order valence-electron chi connectivity index (χ4n) is 1.71. The van der Waals surface area contributed by atoms with Gasteiger partial charge in [-0.2, -0.15) is 0 Å². The maximum Gasteiger partial charge on any atom is 0.187 e. The lowest BCUT2D eigenvalue weighted by Crippen LogP contribution is -2.27. The lowest BCUT2D eigenvalue weighted by atomic mass is 9.90. The Labute approximate surface area is 95.9 Å². The molecule has 2 nitrogen and oxygen atoms in total. The van der Waals surface area contributed by atoms with Gasteiger partial charge < -0.3 is 9.47 Å². The Kier molecular flexibility index (Phi) is 3.34. The first kappa shape index (κ1) is 11.0. The molecular weight excluding hydrogens is 210 g/mol. The second-order valence-corrected chi connectivity index (χ2v) is 3.84. The van der Waals surface area contributed by atoms with Crippen LogP contribution in [0.2, 0.25) is 6.32 Å². The third kappa shape index (κ3) is 2.05. The van der Waals surface area contributed by atoms with Crippen molar-refractivity contribution in [2.45, 2.75) is 18.2 Å². The molecule has 1 aliphatic rings. The quantitative estimate of drug-likeness (QED) is 0.576. The average molecular weight is 222 g/mol. The standard InChI is InChI=1S/C11H12BClO2/c12-8-11(9-4-2-1-3-5-9)14-7-10(6-13)15-11/h1-5,10H,6-8H2/t10-,11+/m1/s1. The van der Waals surface area contributed by atoms with Gasteiger partial charge in [0.2, 0.25) is 0 Å². The lowest BCUT2D eigenvalue weighted by molar-refractivity contribution is -0.158. The topological polar surface area (TPSA) is 18.5 Å². The summed E-state index contributed by atoms with van der Waals surface area (Å²) in [6.07, 6.45) is 0.222. The predicted molar refractivity (Wildman–Crippen MR) is 60.2 cm³/mol. The molecule has 0 bridgehead atoms. The van der Waals surface area contributed by atoms with Gasteiger partial charge in [-0.1, -0.05) is 30.3 Å². The Bertz CT molecular complexity index is 320. The molecule has 1 heterocycles. The van der Waals surface area contributed by atoms with Crippen molar-refractivity contribution in [3.8, 4) is 0 Å². The molecule has 0 aromatic heterocycles. The van der Waals surface area contributed by atoms with Crippen molar-refractivity contribution in [3.63, 3.8) is 0 Å². The Morgan fingerprint density at radius 3 is 2.67 bits per heavy atom. The summed E-state index contributed by atoms with van der Waals surface area (Å²) in [6.45, 7) is 0.496. The molecule has 0 N–H and O–H groups in total. The van der Waals surface area contributed by atoms with E-state index in [9.17, 15) is 0 Å². The van der Waals surface area contributed by atoms with Crippen molar-refractivity contribution in [3.05, 3.63) is 35.9 Å². The van der Waals surface area contributed by atoms with Crippen LogP contribution in [0.3, 0.4) is 0 Å². The van der Waals surface area contributed by atoms with Gasteiger partial charge >= 0.3 is 0 Å². The monoisotopic (exact) mass is 222 g/mol. The van der Waals surface area contributed by atoms with Crippen LogP contribution in [0, 0.1) is 0 Å². The first-order chi connectivity index (χ1) is 7.30. The van der Waals surface area contributed by atoms with Crippen LogP contribution in [0.15, 0.2) is 30.3 Å². The Morgan fingerprint density at radius 1 is 1.40 bits per heavy atom. The second-order valence-electron chi connectivity index (χ2n) is 3.53. The van der Waals surface area contributed by atoms with Crippen LogP contribution < -0.4 is 0 Å². The van der Waals surface area contributed by atoms with E-state index in [4.69, 9.17) is 28.9 Å². The minimum Gasteiger partial charge on any atom is -0.344 e. The van der Waals surface area contributed by atoms with Crippen molar-refractivity contribution >= 4 is 19.4 Å². The largest absolute Gasteiger partial charge is 0.344 e. The van der Waals surface area contributed by atoms with Gasteiger partial charge in [-0.05, 0) is 6.32 Å². The molecule has 2 radical (unpaired) electrons. The molecule has 4 heteroatoms. The van der Waals surface area contributed by atoms with E-state index in [2.05, 4.69) is 0 Å². The summed E-state index contributed by atoms with van der Waals surface area (Å²) in [6, 6.07) is 9.72. The fraction of sp³-hybridized carbons (Fsp3) is 0.455. The van der Waals surface area contributed by atoms with E-state index < -0.39 is 5.79 Å². The van der Waals surface area contributed by atoms with Gasteiger partial charge in [-0.15, -0.1) is 11.6 Å². The lowest BCUT2D eigenvalue weighted by Gasteiger charge is -2.27. The van der Waals surface area contributed by atoms with E-state index >= 15 is 0 Å². The van der Waals surface area contributed by atoms with Gasteiger partial charge in [-0.25, -0.2) is 0 Å². The molecule has 1 fully saturated rings. The summed E-state index contributed by atoms with van der Waals surface area (Å²) in [4.78, 5) is 0. The number of hydrogen-bond donors (Lipinski definition) is 0. The molecule has 15 heavy (non-hydrogen) atoms. The van der Waals surface area contributed by atoms with Crippen LogP contribution in [-0.4, -0.2) is 26.4 Å². The van der Waals surface area contributed by atoms with Gasteiger partial charge in [0, 0.05) is 5.56 Å². The molecular formula is C11H12BClO2. The third-order valence-corrected chi connectivity index (χ3v) is 2.86. The summed E-state index contributed by atoms with van der Waals surface area (Å²) in [5.41, 5.74) is 0.945. The maximum atomic E-state index is 5.75. The minimum atomic E-state index is -0.805. The zero-order valence-corrected chi connectivity index (χ0v) is 9.11. The van der Waals surface area contributed by atoms with Gasteiger partial charge in [0.05, 0.1) is 26.4 Å². The molecule has 1 aromatic rings. The van der Waals surface area contributed by atoms with Crippen molar-refractivity contribution < 1.29 is 9.47 Å². The highest BCUT2D eigenvalue weighted by molar-refractivity contribution is 6.18. The number of halogens is 1. The van der Waals surface area contributed by atoms with Gasteiger partial charge in [0.1, 0.15) is 0 Å². The molecule has 2 rings (SSSR count). The predicted octanol–water partition coefficient (Wildman–Crippen LogP) is 2.08. The molecule has 0 aliphatic carbocycles. The van der Waals surface area contributed by atoms with Crippen molar-refractivity contribution in [1.82, 2.24) is 0 Å². The molecule has 0 spiro atoms. The molecule has 0 unspecified atom stereocenters. The third-order valence-electron chi connectivity index (χ3n) is 2.51. The smallest absolute Gasteiger partial charge is 0.187 e. The van der Waals surface area contributed by atoms with Gasteiger partial charge in [0.25, 0.3) is 0 Å². The van der Waals surface area contributed by atoms with Crippen molar-refractivity contribution in [2.75, 3.05) is 12.5 Å². The van der Waals surface area contributed by atoms with Crippen LogP contribution >= 0.6 is 11.6 Å². The van der Waals surface area contributed by atoms with Crippen LogP contribution in [0.5, 0.6) is 0 Å². The van der Waals surface area contributed by atoms with E-state index in [-0.39, 0.29) is 6.10 Å². The maximum absolute atomic E-state index is 5.75. The first-order valence-corrected chi connectivity index (χ1v) is 5.47. The van der Waals surface area contributed by atoms with E-state index in [0.29, 0.717) is 18.8 Å². The van der Waals surface area contributed by atoms with Gasteiger partial charge in [-0.3, -0.25) is 0 Å². The molecule has 1 aliphatic heterocycles. The van der Waals surface area contributed by atoms with Crippen molar-refractivity contribution in [1.29, 1.82) is 0 Å². The van der Waals surface area contributed by atoms with Crippen LogP contribution in [0.25, 0.3) is 0 Å². The molecule has 2 atom stereocenters. The highest BCUT2D eigenvalue weighted by atomic mass is 35.5. The van der Waals surface area contributed by atoms with Crippen LogP contribution in [0.1, 0.15) is 5.56 Å². The summed E-state index contributed by atoms with van der Waals surface area (Å²) in [7, 11) is 5.72. The summed E-state index contributed by atoms with van der Waals surface area (Å²) in [5.74, 6) is -0.380. The summed E-state index contributed by atoms with van der Waals surface area (Å²) < 4.78 is 11.4. The number of alkyl halides is 1. The zero-order chi connectivity index (χ0) is 10.7. The van der Waals surface area contributed by atoms with E-state index in [1.165, 1.54) is 0 Å². The summed E-state index contributed by atoms with van der Waals surface area (Å²) in [5, 5.41) is 0. The first-order valence-electron chi connectivity index (χ1n) is 4.94. The summed E-state index contributed by atoms with van der Waals surface area (Å²) >= 11 is 5.73. The average Bonchev–Trinajstić information content (AvgIpc) is 2.75. The van der Waals surface area contributed by atoms with Gasteiger partial charge in [0.15, 0.2) is 5.79 Å². The number of rotatable bonds is 3. The number of hydrogen-bond acceptors (Lipinski definition) is 2. The Balaban J connectivity index is 2.24. The normalized spacial score (nSPS) is 30.6. The van der Waals surface area contributed by atoms with Crippen molar-refractivity contribution in [2.24, 2.45) is 0 Å². The fourth-order valence-corrected chi connectivity index (χ4v) is 1.86. The molecule has 1 saturated heterocycles. The number of benzene rings is 1. The Hall–Kier alpha value is -0.505. The highest BCUT2D eigenvalue weighted by Gasteiger charge is 2.40. The van der Waals surface area contributed by atoms with Crippen LogP contribution in [0.4, 0.5) is 0 Å². The Morgan fingerprint density at radius 2 is 2.13 bits per heavy atom.